The summed E-state index contributed by atoms with van der Waals surface area (Å²) < 4.78 is 28.6. The second kappa shape index (κ2) is 9.74. The predicted molar refractivity (Wildman–Crippen MR) is 173 cm³/mol. The van der Waals surface area contributed by atoms with Crippen molar-refractivity contribution in [2.45, 2.75) is 88.8 Å². The van der Waals surface area contributed by atoms with Gasteiger partial charge in [-0.05, 0) is 92.3 Å². The molecule has 0 aromatic carbocycles. The number of hydrogen-bond acceptors (Lipinski definition) is 14. The highest BCUT2D eigenvalue weighted by molar-refractivity contribution is 6.10. The third-order valence-electron chi connectivity index (χ3n) is 15.3. The predicted octanol–water partition coefficient (Wildman–Crippen LogP) is 1.20. The van der Waals surface area contributed by atoms with Gasteiger partial charge in [0, 0.05) is 34.6 Å². The number of ether oxygens (including phenoxy) is 5. The smallest absolute Gasteiger partial charge is 0.338 e. The molecule has 10 aliphatic rings. The number of ketones is 1. The Hall–Kier alpha value is -4.14. The van der Waals surface area contributed by atoms with Crippen LogP contribution in [0, 0.1) is 46.3 Å². The SMILES string of the molecule is CC1=C2C3=C4[C@@](C)(C(=O)[C@@]2(O)OC1=O)[C@@H]1C[C@@H]1[C@@]4(O)C[C@@H]1[C@]32OC(=O)C3=C2C[C@H]2[C@](O)(COC(=O)/C=C(\C)COC(=O)CCC(=O)OC3)[C@H]3C[C@H]3[C@]12C. The molecule has 53 heavy (non-hydrogen) atoms. The molecular weight excluding hydrogens is 692 g/mol. The van der Waals surface area contributed by atoms with E-state index < -0.39 is 87.5 Å². The molecule has 0 aromatic heterocycles. The number of carbonyl (C=O) groups is 6. The maximum Gasteiger partial charge on any atom is 0.338 e. The average Bonchev–Trinajstić information content (AvgIpc) is 4.01. The summed E-state index contributed by atoms with van der Waals surface area (Å²) in [7, 11) is 0. The van der Waals surface area contributed by atoms with Gasteiger partial charge in [-0.2, -0.15) is 0 Å². The van der Waals surface area contributed by atoms with Crippen LogP contribution in [0.1, 0.15) is 66.2 Å². The molecule has 3 heterocycles. The first-order valence-electron chi connectivity index (χ1n) is 18.4. The molecule has 0 aromatic rings. The first kappa shape index (κ1) is 33.4. The third kappa shape index (κ3) is 3.66. The van der Waals surface area contributed by atoms with E-state index in [1.165, 1.54) is 13.0 Å². The number of Topliss-reactive ketones (excluding diaryl/α,β-unsaturated/α-hetero) is 1. The minimum absolute atomic E-state index is 0.0140. The molecule has 7 aliphatic carbocycles. The fraction of sp³-hybridized carbons (Fsp3) is 0.641. The van der Waals surface area contributed by atoms with Crippen molar-refractivity contribution >= 4 is 35.6 Å². The molecule has 10 rings (SSSR count). The second-order valence-electron chi connectivity index (χ2n) is 17.5. The van der Waals surface area contributed by atoms with Crippen molar-refractivity contribution in [3.8, 4) is 0 Å². The van der Waals surface area contributed by atoms with Crippen LogP contribution in [0.25, 0.3) is 0 Å². The molecule has 0 saturated heterocycles. The highest BCUT2D eigenvalue weighted by atomic mass is 16.7. The zero-order valence-electron chi connectivity index (χ0n) is 29.7. The number of rotatable bonds is 0. The van der Waals surface area contributed by atoms with Gasteiger partial charge in [0.2, 0.25) is 5.78 Å². The van der Waals surface area contributed by atoms with E-state index >= 15 is 0 Å². The summed E-state index contributed by atoms with van der Waals surface area (Å²) in [5, 5.41) is 38.0. The summed E-state index contributed by atoms with van der Waals surface area (Å²) in [6.45, 7) is 5.55. The quantitative estimate of drug-likeness (QED) is 0.236. The Balaban J connectivity index is 1.21. The normalized spacial score (nSPS) is 50.3. The largest absolute Gasteiger partial charge is 0.461 e. The van der Waals surface area contributed by atoms with Crippen LogP contribution in [-0.2, 0) is 52.5 Å². The lowest BCUT2D eigenvalue weighted by atomic mass is 9.42. The molecule has 0 radical (unpaired) electrons. The first-order valence-corrected chi connectivity index (χ1v) is 18.4. The van der Waals surface area contributed by atoms with Gasteiger partial charge in [0.1, 0.15) is 25.4 Å². The van der Waals surface area contributed by atoms with Crippen LogP contribution in [0.5, 0.6) is 0 Å². The molecule has 5 saturated carbocycles. The Morgan fingerprint density at radius 2 is 1.43 bits per heavy atom. The van der Waals surface area contributed by atoms with E-state index in [2.05, 4.69) is 0 Å². The van der Waals surface area contributed by atoms with Gasteiger partial charge in [0.25, 0.3) is 5.79 Å². The summed E-state index contributed by atoms with van der Waals surface area (Å²) in [4.78, 5) is 80.6. The monoisotopic (exact) mass is 732 g/mol. The number of fused-ring (bicyclic) bond motifs is 9. The first-order chi connectivity index (χ1) is 24.9. The summed E-state index contributed by atoms with van der Waals surface area (Å²) >= 11 is 0. The number of carbonyl (C=O) groups excluding carboxylic acids is 6. The fourth-order valence-electron chi connectivity index (χ4n) is 13.0. The molecular formula is C39H40O14. The van der Waals surface area contributed by atoms with Crippen molar-refractivity contribution in [3.05, 3.63) is 45.1 Å². The van der Waals surface area contributed by atoms with Gasteiger partial charge in [-0.25, -0.2) is 14.4 Å². The fourth-order valence-corrected chi connectivity index (χ4v) is 13.0. The number of esters is 5. The molecule has 2 bridgehead atoms. The van der Waals surface area contributed by atoms with Crippen molar-refractivity contribution in [1.29, 1.82) is 0 Å². The van der Waals surface area contributed by atoms with Crippen LogP contribution in [0.3, 0.4) is 0 Å². The van der Waals surface area contributed by atoms with Crippen LogP contribution in [0.2, 0.25) is 0 Å². The van der Waals surface area contributed by atoms with Crippen LogP contribution in [0.15, 0.2) is 45.1 Å². The summed E-state index contributed by atoms with van der Waals surface area (Å²) in [5.74, 6) is -10.0. The lowest BCUT2D eigenvalue weighted by Crippen LogP contribution is -2.68. The molecule has 3 N–H and O–H groups in total. The number of hydrogen-bond donors (Lipinski definition) is 3. The van der Waals surface area contributed by atoms with Gasteiger partial charge in [-0.15, -0.1) is 0 Å². The van der Waals surface area contributed by atoms with Crippen LogP contribution in [0.4, 0.5) is 0 Å². The Labute approximate surface area is 303 Å². The van der Waals surface area contributed by atoms with Crippen LogP contribution >= 0.6 is 0 Å². The van der Waals surface area contributed by atoms with E-state index in [0.29, 0.717) is 29.6 Å². The Morgan fingerprint density at radius 3 is 2.15 bits per heavy atom. The highest BCUT2D eigenvalue weighted by Gasteiger charge is 2.87. The van der Waals surface area contributed by atoms with Crippen molar-refractivity contribution in [1.82, 2.24) is 0 Å². The molecule has 280 valence electrons. The molecule has 0 unspecified atom stereocenters. The Morgan fingerprint density at radius 1 is 0.755 bits per heavy atom. The molecule has 3 aliphatic heterocycles. The number of cyclic esters (lactones) is 3. The maximum absolute atomic E-state index is 14.5. The summed E-state index contributed by atoms with van der Waals surface area (Å²) in [6.07, 6.45) is 1.63. The van der Waals surface area contributed by atoms with Crippen LogP contribution < -0.4 is 0 Å². The summed E-state index contributed by atoms with van der Waals surface area (Å²) in [6, 6.07) is 0. The van der Waals surface area contributed by atoms with Gasteiger partial charge >= 0.3 is 29.8 Å². The van der Waals surface area contributed by atoms with Gasteiger partial charge < -0.3 is 39.0 Å². The van der Waals surface area contributed by atoms with E-state index in [9.17, 15) is 44.1 Å². The van der Waals surface area contributed by atoms with E-state index in [0.717, 1.165) is 0 Å². The topological polar surface area (TPSA) is 209 Å². The van der Waals surface area contributed by atoms with Crippen molar-refractivity contribution in [3.63, 3.8) is 0 Å². The molecule has 14 nitrogen and oxygen atoms in total. The maximum atomic E-state index is 14.5. The van der Waals surface area contributed by atoms with Gasteiger partial charge in [-0.3, -0.25) is 14.4 Å². The lowest BCUT2D eigenvalue weighted by molar-refractivity contribution is -0.202. The minimum Gasteiger partial charge on any atom is -0.461 e. The summed E-state index contributed by atoms with van der Waals surface area (Å²) in [5.41, 5.74) is -6.19. The average molecular weight is 733 g/mol. The van der Waals surface area contributed by atoms with Crippen LogP contribution in [-0.4, -0.2) is 93.4 Å². The molecule has 0 amide bonds. The zero-order valence-corrected chi connectivity index (χ0v) is 29.7. The van der Waals surface area contributed by atoms with Gasteiger partial charge in [0.05, 0.1) is 29.4 Å². The van der Waals surface area contributed by atoms with Crippen molar-refractivity contribution in [2.24, 2.45) is 46.3 Å². The second-order valence-corrected chi connectivity index (χ2v) is 17.5. The third-order valence-corrected chi connectivity index (χ3v) is 15.3. The van der Waals surface area contributed by atoms with E-state index in [-0.39, 0.29) is 84.9 Å². The Kier molecular flexibility index (Phi) is 6.15. The van der Waals surface area contributed by atoms with E-state index in [4.69, 9.17) is 23.7 Å². The number of aliphatic hydroxyl groups is 3. The van der Waals surface area contributed by atoms with E-state index in [1.807, 2.05) is 6.92 Å². The molecule has 5 fully saturated rings. The van der Waals surface area contributed by atoms with Crippen molar-refractivity contribution < 1.29 is 67.8 Å². The zero-order chi connectivity index (χ0) is 37.6. The van der Waals surface area contributed by atoms with E-state index in [1.54, 1.807) is 13.8 Å². The highest BCUT2D eigenvalue weighted by Crippen LogP contribution is 2.84. The molecule has 12 atom stereocenters. The standard InChI is InChI=1S/C39H40O14/c1-15-7-27(42)51-14-37(47)22-8-19(22)34(3)23(37)10-18-17(13-50-26(41)6-5-25(40)49-12-15)32(44)52-38(18)24(34)11-36(46)21-9-20(21)35(4)30(36)29(38)28-16(2)31(43)53-39(28,48)33(35)45/h7,19-24,46-48H,5-6,8-14H2,1-4H3/b15-7+/t19-,20-,21+,22+,23-,24+,34+,35+,36+,37+,38+,39+/m1/s1. The lowest BCUT2D eigenvalue weighted by Gasteiger charge is -2.63. The van der Waals surface area contributed by atoms with Gasteiger partial charge in [-0.1, -0.05) is 6.92 Å². The minimum atomic E-state index is -2.70. The molecule has 1 spiro atoms. The van der Waals surface area contributed by atoms with Crippen molar-refractivity contribution in [2.75, 3.05) is 19.8 Å². The Bertz CT molecular complexity index is 2070. The van der Waals surface area contributed by atoms with Gasteiger partial charge in [0.15, 0.2) is 5.60 Å². The molecule has 14 heteroatoms.